The first-order chi connectivity index (χ1) is 15.4. The number of carbonyl (C=O) groups is 2. The van der Waals surface area contributed by atoms with E-state index in [-0.39, 0.29) is 24.5 Å². The molecule has 0 unspecified atom stereocenters. The van der Waals surface area contributed by atoms with E-state index in [1.54, 1.807) is 12.1 Å². The highest BCUT2D eigenvalue weighted by molar-refractivity contribution is 5.94. The van der Waals surface area contributed by atoms with E-state index in [1.165, 1.54) is 36.4 Å². The topological polar surface area (TPSA) is 143 Å². The van der Waals surface area contributed by atoms with E-state index in [9.17, 15) is 24.5 Å². The highest BCUT2D eigenvalue weighted by atomic mass is 16.6. The number of benzene rings is 2. The van der Waals surface area contributed by atoms with Crippen LogP contribution in [0, 0.1) is 10.1 Å². The van der Waals surface area contributed by atoms with Gasteiger partial charge in [0.15, 0.2) is 12.3 Å². The van der Waals surface area contributed by atoms with Crippen LogP contribution in [0.15, 0.2) is 71.5 Å². The Kier molecular flexibility index (Phi) is 7.25. The molecule has 0 bridgehead atoms. The summed E-state index contributed by atoms with van der Waals surface area (Å²) in [5, 5.41) is 17.0. The second kappa shape index (κ2) is 10.5. The molecule has 3 aromatic rings. The van der Waals surface area contributed by atoms with Gasteiger partial charge in [-0.1, -0.05) is 18.2 Å². The highest BCUT2D eigenvalue weighted by Crippen LogP contribution is 2.15. The van der Waals surface area contributed by atoms with Crippen molar-refractivity contribution in [2.24, 2.45) is 0 Å². The summed E-state index contributed by atoms with van der Waals surface area (Å²) < 4.78 is 11.5. The molecule has 1 heterocycles. The maximum Gasteiger partial charge on any atom is 0.359 e. The van der Waals surface area contributed by atoms with Gasteiger partial charge in [0.25, 0.3) is 17.2 Å². The van der Waals surface area contributed by atoms with Gasteiger partial charge in [-0.05, 0) is 30.3 Å². The van der Waals surface area contributed by atoms with Crippen LogP contribution in [0.1, 0.15) is 10.5 Å². The first-order valence-electron chi connectivity index (χ1n) is 9.40. The average molecular weight is 438 g/mol. The monoisotopic (exact) mass is 438 g/mol. The summed E-state index contributed by atoms with van der Waals surface area (Å²) in [6.07, 6.45) is 0. The molecule has 1 N–H and O–H groups in total. The number of esters is 1. The lowest BCUT2D eigenvalue weighted by Gasteiger charge is -2.09. The highest BCUT2D eigenvalue weighted by Gasteiger charge is 2.14. The Bertz CT molecular complexity index is 1160. The molecule has 164 valence electrons. The van der Waals surface area contributed by atoms with Gasteiger partial charge in [0.05, 0.1) is 11.5 Å². The Morgan fingerprint density at radius 2 is 1.75 bits per heavy atom. The average Bonchev–Trinajstić information content (AvgIpc) is 2.80. The van der Waals surface area contributed by atoms with Crippen molar-refractivity contribution < 1.29 is 24.0 Å². The smallest absolute Gasteiger partial charge is 0.359 e. The Hall–Kier alpha value is -4.54. The summed E-state index contributed by atoms with van der Waals surface area (Å²) in [4.78, 5) is 46.2. The number of nitrogens with zero attached hydrogens (tertiary/aromatic N) is 3. The van der Waals surface area contributed by atoms with Gasteiger partial charge in [-0.2, -0.15) is 5.10 Å². The molecule has 11 heteroatoms. The van der Waals surface area contributed by atoms with E-state index in [0.717, 1.165) is 4.68 Å². The maximum absolute atomic E-state index is 12.2. The standard InChI is InChI=1S/C21H18N4O7/c26-19(22-15-6-8-16(9-7-15)25(29)30)14-32-21(28)18-10-11-20(27)24(23-18)12-13-31-17-4-2-1-3-5-17/h1-11H,12-14H2,(H,22,26). The fourth-order valence-corrected chi connectivity index (χ4v) is 2.55. The fraction of sp³-hybridized carbons (Fsp3) is 0.143. The van der Waals surface area contributed by atoms with Crippen molar-refractivity contribution in [2.75, 3.05) is 18.5 Å². The van der Waals surface area contributed by atoms with Crippen molar-refractivity contribution in [3.8, 4) is 5.75 Å². The number of nitrogens with one attached hydrogen (secondary N) is 1. The van der Waals surface area contributed by atoms with E-state index in [1.807, 2.05) is 18.2 Å². The van der Waals surface area contributed by atoms with Crippen molar-refractivity contribution in [3.63, 3.8) is 0 Å². The SMILES string of the molecule is O=C(COC(=O)c1ccc(=O)n(CCOc2ccccc2)n1)Nc1ccc([N+](=O)[O-])cc1. The van der Waals surface area contributed by atoms with Crippen LogP contribution in [0.2, 0.25) is 0 Å². The molecule has 11 nitrogen and oxygen atoms in total. The van der Waals surface area contributed by atoms with Crippen LogP contribution in [0.4, 0.5) is 11.4 Å². The molecule has 0 fully saturated rings. The summed E-state index contributed by atoms with van der Waals surface area (Å²) in [5.74, 6) is -0.895. The molecule has 2 aromatic carbocycles. The van der Waals surface area contributed by atoms with Gasteiger partial charge in [0, 0.05) is 23.9 Å². The maximum atomic E-state index is 12.2. The zero-order chi connectivity index (χ0) is 22.9. The predicted molar refractivity (Wildman–Crippen MR) is 112 cm³/mol. The number of hydrogen-bond donors (Lipinski definition) is 1. The van der Waals surface area contributed by atoms with E-state index < -0.39 is 29.0 Å². The molecule has 1 amide bonds. The molecule has 0 aliphatic carbocycles. The van der Waals surface area contributed by atoms with Gasteiger partial charge < -0.3 is 14.8 Å². The number of non-ortho nitro benzene ring substituents is 1. The zero-order valence-electron chi connectivity index (χ0n) is 16.7. The van der Waals surface area contributed by atoms with Crippen molar-refractivity contribution >= 4 is 23.3 Å². The van der Waals surface area contributed by atoms with Crippen LogP contribution in [0.25, 0.3) is 0 Å². The number of amides is 1. The molecule has 0 spiro atoms. The van der Waals surface area contributed by atoms with E-state index >= 15 is 0 Å². The van der Waals surface area contributed by atoms with Crippen molar-refractivity contribution in [3.05, 3.63) is 92.9 Å². The number of hydrogen-bond acceptors (Lipinski definition) is 8. The van der Waals surface area contributed by atoms with Crippen molar-refractivity contribution in [1.29, 1.82) is 0 Å². The number of ether oxygens (including phenoxy) is 2. The molecule has 0 radical (unpaired) electrons. The fourth-order valence-electron chi connectivity index (χ4n) is 2.55. The molecule has 1 aromatic heterocycles. The number of carbonyl (C=O) groups excluding carboxylic acids is 2. The number of para-hydroxylation sites is 1. The van der Waals surface area contributed by atoms with Gasteiger partial charge in [0.1, 0.15) is 12.4 Å². The first-order valence-corrected chi connectivity index (χ1v) is 9.40. The van der Waals surface area contributed by atoms with Crippen LogP contribution in [-0.4, -0.2) is 39.8 Å². The summed E-state index contributed by atoms with van der Waals surface area (Å²) in [5.41, 5.74) is -0.381. The zero-order valence-corrected chi connectivity index (χ0v) is 16.7. The minimum Gasteiger partial charge on any atom is -0.492 e. The lowest BCUT2D eigenvalue weighted by Crippen LogP contribution is -2.28. The third kappa shape index (κ3) is 6.23. The van der Waals surface area contributed by atoms with Crippen LogP contribution in [0.3, 0.4) is 0 Å². The third-order valence-corrected chi connectivity index (χ3v) is 4.09. The molecular formula is C21H18N4O7. The predicted octanol–water partition coefficient (Wildman–Crippen LogP) is 2.03. The molecule has 3 rings (SSSR count). The van der Waals surface area contributed by atoms with Gasteiger partial charge >= 0.3 is 5.97 Å². The van der Waals surface area contributed by atoms with Crippen LogP contribution in [-0.2, 0) is 16.1 Å². The van der Waals surface area contributed by atoms with Gasteiger partial charge in [-0.15, -0.1) is 0 Å². The number of nitro benzene ring substituents is 1. The summed E-state index contributed by atoms with van der Waals surface area (Å²) in [6.45, 7) is -0.337. The van der Waals surface area contributed by atoms with Crippen molar-refractivity contribution in [1.82, 2.24) is 9.78 Å². The minimum atomic E-state index is -0.887. The lowest BCUT2D eigenvalue weighted by molar-refractivity contribution is -0.384. The largest absolute Gasteiger partial charge is 0.492 e. The first kappa shape index (κ1) is 22.2. The quantitative estimate of drug-likeness (QED) is 0.304. The summed E-state index contributed by atoms with van der Waals surface area (Å²) in [6, 6.07) is 16.6. The van der Waals surface area contributed by atoms with Gasteiger partial charge in [0.2, 0.25) is 0 Å². The van der Waals surface area contributed by atoms with Gasteiger partial charge in [-0.3, -0.25) is 19.7 Å². The molecule has 0 atom stereocenters. The van der Waals surface area contributed by atoms with Crippen molar-refractivity contribution in [2.45, 2.75) is 6.54 Å². The number of rotatable bonds is 9. The molecular weight excluding hydrogens is 420 g/mol. The third-order valence-electron chi connectivity index (χ3n) is 4.09. The lowest BCUT2D eigenvalue weighted by atomic mass is 10.3. The number of aromatic nitrogens is 2. The van der Waals surface area contributed by atoms with Crippen LogP contribution in [0.5, 0.6) is 5.75 Å². The van der Waals surface area contributed by atoms with Gasteiger partial charge in [-0.25, -0.2) is 9.48 Å². The van der Waals surface area contributed by atoms with Crippen LogP contribution < -0.4 is 15.6 Å². The second-order valence-electron chi connectivity index (χ2n) is 6.37. The van der Waals surface area contributed by atoms with E-state index in [4.69, 9.17) is 9.47 Å². The minimum absolute atomic E-state index is 0.107. The Labute approximate surface area is 181 Å². The number of nitro groups is 1. The normalized spacial score (nSPS) is 10.2. The molecule has 32 heavy (non-hydrogen) atoms. The van der Waals surface area contributed by atoms with E-state index in [2.05, 4.69) is 10.4 Å². The number of anilines is 1. The van der Waals surface area contributed by atoms with E-state index in [0.29, 0.717) is 11.4 Å². The Morgan fingerprint density at radius 1 is 1.03 bits per heavy atom. The summed E-state index contributed by atoms with van der Waals surface area (Å²) >= 11 is 0. The van der Waals surface area contributed by atoms with Crippen LogP contribution >= 0.6 is 0 Å². The summed E-state index contributed by atoms with van der Waals surface area (Å²) in [7, 11) is 0. The molecule has 0 saturated heterocycles. The molecule has 0 aliphatic rings. The second-order valence-corrected chi connectivity index (χ2v) is 6.37. The Balaban J connectivity index is 1.52. The molecule has 0 aliphatic heterocycles. The Morgan fingerprint density at radius 3 is 2.44 bits per heavy atom. The molecule has 0 saturated carbocycles.